The lowest BCUT2D eigenvalue weighted by molar-refractivity contribution is 0.410. The van der Waals surface area contributed by atoms with E-state index in [0.29, 0.717) is 18.9 Å². The molecule has 0 saturated heterocycles. The van der Waals surface area contributed by atoms with Gasteiger partial charge in [-0.05, 0) is 30.2 Å². The van der Waals surface area contributed by atoms with Gasteiger partial charge in [-0.25, -0.2) is 0 Å². The average molecular weight is 296 g/mol. The highest BCUT2D eigenvalue weighted by Crippen LogP contribution is 2.12. The molecule has 1 aromatic heterocycles. The van der Waals surface area contributed by atoms with Crippen molar-refractivity contribution < 1.29 is 4.42 Å². The molecule has 0 spiro atoms. The van der Waals surface area contributed by atoms with Crippen LogP contribution in [0.3, 0.4) is 0 Å². The Balaban J connectivity index is 1.59. The van der Waals surface area contributed by atoms with Gasteiger partial charge in [0, 0.05) is 19.2 Å². The third kappa shape index (κ3) is 3.77. The molecule has 1 aromatic carbocycles. The van der Waals surface area contributed by atoms with Crippen molar-refractivity contribution >= 4 is 5.96 Å². The monoisotopic (exact) mass is 296 g/mol. The predicted octanol–water partition coefficient (Wildman–Crippen LogP) is 1.78. The zero-order chi connectivity index (χ0) is 15.3. The number of nitrogens with two attached hydrogens (primary N) is 1. The summed E-state index contributed by atoms with van der Waals surface area (Å²) in [7, 11) is 0. The molecule has 2 heterocycles. The average Bonchev–Trinajstić information content (AvgIpc) is 3.01. The Bertz CT molecular complexity index is 649. The molecule has 2 aromatic rings. The molecule has 0 saturated carbocycles. The molecule has 4 N–H and O–H groups in total. The molecule has 0 aliphatic carbocycles. The Hall–Kier alpha value is -2.53. The summed E-state index contributed by atoms with van der Waals surface area (Å²) < 4.78 is 5.36. The van der Waals surface area contributed by atoms with Gasteiger partial charge in [0.05, 0.1) is 6.26 Å². The van der Waals surface area contributed by atoms with Gasteiger partial charge < -0.3 is 20.8 Å². The van der Waals surface area contributed by atoms with E-state index < -0.39 is 5.66 Å². The minimum atomic E-state index is -0.686. The van der Waals surface area contributed by atoms with Crippen molar-refractivity contribution in [3.8, 4) is 0 Å². The number of benzene rings is 1. The molecule has 1 aliphatic heterocycles. The quantitative estimate of drug-likeness (QED) is 0.786. The fraction of sp³-hybridized carbons (Fsp3) is 0.235. The topological polar surface area (TPSA) is 75.6 Å². The molecular formula is C17H20N4O. The summed E-state index contributed by atoms with van der Waals surface area (Å²) in [6.07, 6.45) is 6.81. The first-order chi connectivity index (χ1) is 10.7. The maximum atomic E-state index is 6.34. The number of guanidine groups is 1. The predicted molar refractivity (Wildman–Crippen MR) is 87.2 cm³/mol. The first-order valence-corrected chi connectivity index (χ1v) is 7.36. The number of hydrogen-bond donors (Lipinski definition) is 3. The van der Waals surface area contributed by atoms with Gasteiger partial charge in [-0.2, -0.15) is 0 Å². The fourth-order valence-corrected chi connectivity index (χ4v) is 2.40. The van der Waals surface area contributed by atoms with Crippen molar-refractivity contribution in [3.63, 3.8) is 0 Å². The Labute approximate surface area is 129 Å². The van der Waals surface area contributed by atoms with E-state index in [1.54, 1.807) is 6.26 Å². The standard InChI is InChI=1S/C17H20N4O/c18-17(13-15-7-4-12-22-15)9-11-20-16(21-17)19-10-8-14-5-2-1-3-6-14/h1-7,9,11-12H,8,10,13,18H2,(H2,19,20,21). The van der Waals surface area contributed by atoms with Crippen LogP contribution in [0.1, 0.15) is 11.3 Å². The van der Waals surface area contributed by atoms with Gasteiger partial charge in [-0.1, -0.05) is 30.3 Å². The van der Waals surface area contributed by atoms with E-state index in [-0.39, 0.29) is 0 Å². The lowest BCUT2D eigenvalue weighted by atomic mass is 10.0. The van der Waals surface area contributed by atoms with Crippen LogP contribution in [0.5, 0.6) is 0 Å². The van der Waals surface area contributed by atoms with Crippen LogP contribution in [0.25, 0.3) is 0 Å². The second-order valence-electron chi connectivity index (χ2n) is 5.37. The summed E-state index contributed by atoms with van der Waals surface area (Å²) in [6.45, 7) is 0.698. The molecule has 114 valence electrons. The van der Waals surface area contributed by atoms with E-state index in [1.165, 1.54) is 5.56 Å². The van der Waals surface area contributed by atoms with Crippen LogP contribution in [0.15, 0.2) is 70.4 Å². The highest BCUT2D eigenvalue weighted by atomic mass is 16.3. The fourth-order valence-electron chi connectivity index (χ4n) is 2.40. The highest BCUT2D eigenvalue weighted by molar-refractivity contribution is 5.83. The number of hydrogen-bond acceptors (Lipinski definition) is 3. The molecule has 1 atom stereocenters. The number of furan rings is 1. The second-order valence-corrected chi connectivity index (χ2v) is 5.37. The Morgan fingerprint density at radius 3 is 2.77 bits per heavy atom. The summed E-state index contributed by atoms with van der Waals surface area (Å²) >= 11 is 0. The minimum Gasteiger partial charge on any atom is -0.469 e. The highest BCUT2D eigenvalue weighted by Gasteiger charge is 2.27. The van der Waals surface area contributed by atoms with Crippen molar-refractivity contribution in [1.82, 2.24) is 10.6 Å². The second kappa shape index (κ2) is 6.49. The Morgan fingerprint density at radius 1 is 1.14 bits per heavy atom. The van der Waals surface area contributed by atoms with E-state index in [1.807, 2.05) is 42.6 Å². The molecule has 0 bridgehead atoms. The van der Waals surface area contributed by atoms with E-state index in [9.17, 15) is 0 Å². The molecule has 0 amide bonds. The largest absolute Gasteiger partial charge is 0.469 e. The SMILES string of the molecule is NC1(Cc2ccco2)C=CNC(=NCCc2ccccc2)N1. The van der Waals surface area contributed by atoms with Crippen molar-refractivity contribution in [2.45, 2.75) is 18.5 Å². The van der Waals surface area contributed by atoms with E-state index in [0.717, 1.165) is 12.2 Å². The Kier molecular flexibility index (Phi) is 4.25. The maximum absolute atomic E-state index is 6.34. The van der Waals surface area contributed by atoms with Gasteiger partial charge in [0.15, 0.2) is 5.96 Å². The van der Waals surface area contributed by atoms with Crippen molar-refractivity contribution in [1.29, 1.82) is 0 Å². The lowest BCUT2D eigenvalue weighted by Crippen LogP contribution is -2.61. The van der Waals surface area contributed by atoms with E-state index in [4.69, 9.17) is 10.2 Å². The van der Waals surface area contributed by atoms with Crippen LogP contribution < -0.4 is 16.4 Å². The molecule has 3 rings (SSSR count). The summed E-state index contributed by atoms with van der Waals surface area (Å²) in [6, 6.07) is 14.1. The zero-order valence-electron chi connectivity index (χ0n) is 12.3. The van der Waals surface area contributed by atoms with Crippen LogP contribution in [0.2, 0.25) is 0 Å². The Morgan fingerprint density at radius 2 is 2.00 bits per heavy atom. The van der Waals surface area contributed by atoms with Gasteiger partial charge in [0.25, 0.3) is 0 Å². The molecule has 0 fully saturated rings. The molecule has 22 heavy (non-hydrogen) atoms. The van der Waals surface area contributed by atoms with Crippen molar-refractivity contribution in [2.75, 3.05) is 6.54 Å². The van der Waals surface area contributed by atoms with Gasteiger partial charge >= 0.3 is 0 Å². The van der Waals surface area contributed by atoms with Gasteiger partial charge in [0.2, 0.25) is 0 Å². The van der Waals surface area contributed by atoms with Crippen molar-refractivity contribution in [3.05, 3.63) is 72.3 Å². The number of nitrogens with one attached hydrogen (secondary N) is 2. The third-order valence-electron chi connectivity index (χ3n) is 3.51. The summed E-state index contributed by atoms with van der Waals surface area (Å²) in [4.78, 5) is 4.54. The molecule has 0 radical (unpaired) electrons. The number of aliphatic imine (C=N–C) groups is 1. The van der Waals surface area contributed by atoms with Gasteiger partial charge in [-0.3, -0.25) is 4.99 Å². The third-order valence-corrected chi connectivity index (χ3v) is 3.51. The lowest BCUT2D eigenvalue weighted by Gasteiger charge is -2.31. The first kappa shape index (κ1) is 14.4. The van der Waals surface area contributed by atoms with Gasteiger partial charge in [0.1, 0.15) is 11.4 Å². The van der Waals surface area contributed by atoms with Crippen LogP contribution in [0.4, 0.5) is 0 Å². The molecule has 1 unspecified atom stereocenters. The van der Waals surface area contributed by atoms with Crippen LogP contribution in [-0.2, 0) is 12.8 Å². The van der Waals surface area contributed by atoms with Crippen LogP contribution in [0, 0.1) is 0 Å². The summed E-state index contributed by atoms with van der Waals surface area (Å²) in [5.41, 5.74) is 6.93. The summed E-state index contributed by atoms with van der Waals surface area (Å²) in [5, 5.41) is 6.31. The van der Waals surface area contributed by atoms with E-state index in [2.05, 4.69) is 27.8 Å². The van der Waals surface area contributed by atoms with Gasteiger partial charge in [-0.15, -0.1) is 0 Å². The van der Waals surface area contributed by atoms with Crippen molar-refractivity contribution in [2.24, 2.45) is 10.7 Å². The maximum Gasteiger partial charge on any atom is 0.197 e. The molecule has 1 aliphatic rings. The van der Waals surface area contributed by atoms with Crippen LogP contribution in [-0.4, -0.2) is 18.2 Å². The molecular weight excluding hydrogens is 276 g/mol. The number of rotatable bonds is 5. The molecule has 5 nitrogen and oxygen atoms in total. The smallest absolute Gasteiger partial charge is 0.197 e. The molecule has 5 heteroatoms. The first-order valence-electron chi connectivity index (χ1n) is 7.36. The minimum absolute atomic E-state index is 0.565. The van der Waals surface area contributed by atoms with Crippen LogP contribution >= 0.6 is 0 Å². The zero-order valence-corrected chi connectivity index (χ0v) is 12.3. The normalized spacial score (nSPS) is 22.3. The number of nitrogens with zero attached hydrogens (tertiary/aromatic N) is 1. The van der Waals surface area contributed by atoms with E-state index >= 15 is 0 Å². The summed E-state index contributed by atoms with van der Waals surface area (Å²) in [5.74, 6) is 1.53.